The molecule has 2 N–H and O–H groups in total. The molecular formula is C20H15N. The van der Waals surface area contributed by atoms with E-state index in [0.29, 0.717) is 0 Å². The minimum Gasteiger partial charge on any atom is -0.399 e. The number of benzene rings is 4. The van der Waals surface area contributed by atoms with Crippen LogP contribution in [0.5, 0.6) is 0 Å². The number of rotatable bonds is 1. The molecule has 100 valence electrons. The van der Waals surface area contributed by atoms with E-state index >= 15 is 0 Å². The SMILES string of the molecule is Nc1ccc2ccc3ccc(-c4ccccc4)cc3c2c1. The summed E-state index contributed by atoms with van der Waals surface area (Å²) < 4.78 is 0. The predicted octanol–water partition coefficient (Wildman–Crippen LogP) is 5.24. The highest BCUT2D eigenvalue weighted by molar-refractivity contribution is 6.09. The summed E-state index contributed by atoms with van der Waals surface area (Å²) in [5.74, 6) is 0. The highest BCUT2D eigenvalue weighted by Gasteiger charge is 2.04. The van der Waals surface area contributed by atoms with Gasteiger partial charge < -0.3 is 5.73 Å². The normalized spacial score (nSPS) is 11.0. The molecule has 0 unspecified atom stereocenters. The van der Waals surface area contributed by atoms with Crippen LogP contribution in [-0.4, -0.2) is 0 Å². The second kappa shape index (κ2) is 4.64. The molecule has 0 heterocycles. The molecule has 0 saturated heterocycles. The Bertz CT molecular complexity index is 940. The first kappa shape index (κ1) is 12.0. The molecule has 0 aliphatic heterocycles. The predicted molar refractivity (Wildman–Crippen MR) is 91.3 cm³/mol. The van der Waals surface area contributed by atoms with Crippen LogP contribution in [-0.2, 0) is 0 Å². The van der Waals surface area contributed by atoms with Crippen molar-refractivity contribution in [3.63, 3.8) is 0 Å². The number of hydrogen-bond donors (Lipinski definition) is 1. The van der Waals surface area contributed by atoms with E-state index in [-0.39, 0.29) is 0 Å². The summed E-state index contributed by atoms with van der Waals surface area (Å²) in [6, 6.07) is 27.5. The molecule has 21 heavy (non-hydrogen) atoms. The van der Waals surface area contributed by atoms with Gasteiger partial charge in [-0.2, -0.15) is 0 Å². The maximum atomic E-state index is 5.96. The van der Waals surface area contributed by atoms with Gasteiger partial charge in [-0.05, 0) is 50.9 Å². The van der Waals surface area contributed by atoms with Crippen LogP contribution in [0.3, 0.4) is 0 Å². The van der Waals surface area contributed by atoms with E-state index in [1.165, 1.54) is 32.7 Å². The Morgan fingerprint density at radius 2 is 1.14 bits per heavy atom. The van der Waals surface area contributed by atoms with Gasteiger partial charge in [-0.15, -0.1) is 0 Å². The molecule has 0 atom stereocenters. The summed E-state index contributed by atoms with van der Waals surface area (Å²) in [5, 5.41) is 4.93. The fourth-order valence-electron chi connectivity index (χ4n) is 2.88. The van der Waals surface area contributed by atoms with Crippen molar-refractivity contribution >= 4 is 27.2 Å². The van der Waals surface area contributed by atoms with Gasteiger partial charge in [0.1, 0.15) is 0 Å². The van der Waals surface area contributed by atoms with Crippen molar-refractivity contribution in [3.05, 3.63) is 78.9 Å². The van der Waals surface area contributed by atoms with Gasteiger partial charge in [0.05, 0.1) is 0 Å². The molecule has 0 spiro atoms. The van der Waals surface area contributed by atoms with E-state index < -0.39 is 0 Å². The Morgan fingerprint density at radius 3 is 1.90 bits per heavy atom. The molecule has 1 heteroatoms. The minimum atomic E-state index is 0.806. The Morgan fingerprint density at radius 1 is 0.524 bits per heavy atom. The molecule has 4 aromatic carbocycles. The lowest BCUT2D eigenvalue weighted by molar-refractivity contribution is 1.65. The van der Waals surface area contributed by atoms with Crippen LogP contribution < -0.4 is 5.73 Å². The van der Waals surface area contributed by atoms with Crippen LogP contribution in [0.1, 0.15) is 0 Å². The van der Waals surface area contributed by atoms with Gasteiger partial charge in [0.25, 0.3) is 0 Å². The van der Waals surface area contributed by atoms with Crippen molar-refractivity contribution in [3.8, 4) is 11.1 Å². The van der Waals surface area contributed by atoms with Crippen molar-refractivity contribution in [1.29, 1.82) is 0 Å². The highest BCUT2D eigenvalue weighted by Crippen LogP contribution is 2.30. The molecule has 4 rings (SSSR count). The fraction of sp³-hybridized carbons (Fsp3) is 0. The zero-order valence-corrected chi connectivity index (χ0v) is 11.6. The Kier molecular flexibility index (Phi) is 2.65. The fourth-order valence-corrected chi connectivity index (χ4v) is 2.88. The standard InChI is InChI=1S/C20H15N/c21-18-11-10-16-7-6-15-8-9-17(12-19(15)20(16)13-18)14-4-2-1-3-5-14/h1-13H,21H2. The summed E-state index contributed by atoms with van der Waals surface area (Å²) in [6.45, 7) is 0. The zero-order chi connectivity index (χ0) is 14.2. The lowest BCUT2D eigenvalue weighted by atomic mass is 9.97. The Labute approximate surface area is 123 Å². The monoisotopic (exact) mass is 269 g/mol. The number of anilines is 1. The molecule has 0 saturated carbocycles. The molecule has 0 aliphatic carbocycles. The van der Waals surface area contributed by atoms with Crippen molar-refractivity contribution in [2.24, 2.45) is 0 Å². The lowest BCUT2D eigenvalue weighted by Crippen LogP contribution is -1.85. The zero-order valence-electron chi connectivity index (χ0n) is 11.6. The highest BCUT2D eigenvalue weighted by atomic mass is 14.5. The average Bonchev–Trinajstić information content (AvgIpc) is 2.55. The average molecular weight is 269 g/mol. The largest absolute Gasteiger partial charge is 0.399 e. The molecule has 0 fully saturated rings. The summed E-state index contributed by atoms with van der Waals surface area (Å²) in [4.78, 5) is 0. The third-order valence-corrected chi connectivity index (χ3v) is 3.97. The van der Waals surface area contributed by atoms with E-state index in [0.717, 1.165) is 5.69 Å². The molecule has 0 amide bonds. The van der Waals surface area contributed by atoms with Gasteiger partial charge in [0, 0.05) is 5.69 Å². The molecule has 0 aromatic heterocycles. The van der Waals surface area contributed by atoms with Crippen molar-refractivity contribution in [1.82, 2.24) is 0 Å². The van der Waals surface area contributed by atoms with E-state index in [9.17, 15) is 0 Å². The maximum Gasteiger partial charge on any atom is 0.0320 e. The smallest absolute Gasteiger partial charge is 0.0320 e. The van der Waals surface area contributed by atoms with Gasteiger partial charge >= 0.3 is 0 Å². The van der Waals surface area contributed by atoms with Crippen molar-refractivity contribution in [2.75, 3.05) is 5.73 Å². The van der Waals surface area contributed by atoms with Crippen molar-refractivity contribution in [2.45, 2.75) is 0 Å². The maximum absolute atomic E-state index is 5.96. The topological polar surface area (TPSA) is 26.0 Å². The Hall–Kier alpha value is -2.80. The number of fused-ring (bicyclic) bond motifs is 3. The summed E-state index contributed by atoms with van der Waals surface area (Å²) in [6.07, 6.45) is 0. The molecular weight excluding hydrogens is 254 g/mol. The molecule has 0 bridgehead atoms. The van der Waals surface area contributed by atoms with Gasteiger partial charge in [0.2, 0.25) is 0 Å². The summed E-state index contributed by atoms with van der Waals surface area (Å²) in [5.41, 5.74) is 9.24. The van der Waals surface area contributed by atoms with Crippen LogP contribution in [0.15, 0.2) is 78.9 Å². The van der Waals surface area contributed by atoms with Crippen LogP contribution >= 0.6 is 0 Å². The first-order valence-electron chi connectivity index (χ1n) is 7.09. The van der Waals surface area contributed by atoms with E-state index in [1.807, 2.05) is 12.1 Å². The summed E-state index contributed by atoms with van der Waals surface area (Å²) >= 11 is 0. The third-order valence-electron chi connectivity index (χ3n) is 3.97. The third kappa shape index (κ3) is 2.03. The quantitative estimate of drug-likeness (QED) is 0.371. The number of nitrogens with two attached hydrogens (primary N) is 1. The first-order chi connectivity index (χ1) is 10.3. The van der Waals surface area contributed by atoms with E-state index in [2.05, 4.69) is 66.7 Å². The first-order valence-corrected chi connectivity index (χ1v) is 7.09. The number of hydrogen-bond acceptors (Lipinski definition) is 1. The lowest BCUT2D eigenvalue weighted by Gasteiger charge is -2.08. The molecule has 4 aromatic rings. The number of nitrogen functional groups attached to an aromatic ring is 1. The summed E-state index contributed by atoms with van der Waals surface area (Å²) in [7, 11) is 0. The van der Waals surface area contributed by atoms with Crippen LogP contribution in [0.4, 0.5) is 5.69 Å². The molecule has 0 radical (unpaired) electrons. The van der Waals surface area contributed by atoms with Crippen LogP contribution in [0.25, 0.3) is 32.7 Å². The van der Waals surface area contributed by atoms with Crippen LogP contribution in [0.2, 0.25) is 0 Å². The van der Waals surface area contributed by atoms with Crippen molar-refractivity contribution < 1.29 is 0 Å². The minimum absolute atomic E-state index is 0.806. The Balaban J connectivity index is 2.05. The van der Waals surface area contributed by atoms with E-state index in [1.54, 1.807) is 0 Å². The van der Waals surface area contributed by atoms with Gasteiger partial charge in [-0.1, -0.05) is 60.7 Å². The second-order valence-electron chi connectivity index (χ2n) is 5.35. The van der Waals surface area contributed by atoms with Gasteiger partial charge in [-0.3, -0.25) is 0 Å². The van der Waals surface area contributed by atoms with Gasteiger partial charge in [-0.25, -0.2) is 0 Å². The van der Waals surface area contributed by atoms with Crippen LogP contribution in [0, 0.1) is 0 Å². The molecule has 1 nitrogen and oxygen atoms in total. The van der Waals surface area contributed by atoms with E-state index in [4.69, 9.17) is 5.73 Å². The second-order valence-corrected chi connectivity index (χ2v) is 5.35. The molecule has 0 aliphatic rings. The van der Waals surface area contributed by atoms with Gasteiger partial charge in [0.15, 0.2) is 0 Å².